The summed E-state index contributed by atoms with van der Waals surface area (Å²) in [5.41, 5.74) is 0.977. The number of hydrogen-bond acceptors (Lipinski definition) is 4. The van der Waals surface area contributed by atoms with Crippen molar-refractivity contribution in [3.63, 3.8) is 0 Å². The van der Waals surface area contributed by atoms with E-state index in [-0.39, 0.29) is 0 Å². The predicted molar refractivity (Wildman–Crippen MR) is 148 cm³/mol. The van der Waals surface area contributed by atoms with E-state index in [2.05, 4.69) is 76.2 Å². The minimum Gasteiger partial charge on any atom is -0.428 e. The molecule has 0 N–H and O–H groups in total. The molecule has 3 aromatic rings. The van der Waals surface area contributed by atoms with Crippen molar-refractivity contribution in [3.05, 3.63) is 95.6 Å². The molecule has 0 radical (unpaired) electrons. The fourth-order valence-electron chi connectivity index (χ4n) is 3.63. The van der Waals surface area contributed by atoms with Gasteiger partial charge in [-0.3, -0.25) is 0 Å². The van der Waals surface area contributed by atoms with Gasteiger partial charge >= 0.3 is 5.69 Å². The molecule has 0 unspecified atom stereocenters. The van der Waals surface area contributed by atoms with Crippen LogP contribution in [0.4, 0.5) is 0 Å². The van der Waals surface area contributed by atoms with Crippen LogP contribution in [-0.2, 0) is 31.1 Å². The Balaban J connectivity index is 1.86. The van der Waals surface area contributed by atoms with Crippen LogP contribution in [-0.4, -0.2) is 5.75 Å². The van der Waals surface area contributed by atoms with Crippen LogP contribution in [0.25, 0.3) is 0 Å². The molecular formula is C28H35O2PS2. The highest BCUT2D eigenvalue weighted by Crippen LogP contribution is 2.61. The number of aryl methyl sites for hydroxylation is 1. The molecule has 0 aliphatic heterocycles. The molecule has 0 heterocycles. The standard InChI is InChI=1S/C28H35O2PS2/c1-22(2)20-25-14-8-10-16-27(25)29-31(32,33-19-18-24-12-6-5-7-13-24)30-28-17-11-9-15-26(28)21-23(3)4/h5-17,22-23H,18-21H2,1-4H3. The lowest BCUT2D eigenvalue weighted by atomic mass is 10.0. The van der Waals surface area contributed by atoms with Gasteiger partial charge in [-0.05, 0) is 83.1 Å². The molecule has 0 saturated heterocycles. The molecule has 0 aliphatic carbocycles. The first-order valence-corrected chi connectivity index (χ1v) is 15.9. The van der Waals surface area contributed by atoms with Crippen molar-refractivity contribution in [2.24, 2.45) is 11.8 Å². The smallest absolute Gasteiger partial charge is 0.348 e. The minimum absolute atomic E-state index is 0.533. The molecule has 0 aromatic heterocycles. The summed E-state index contributed by atoms with van der Waals surface area (Å²) in [6.07, 6.45) is 2.83. The Bertz CT molecular complexity index is 991. The molecule has 0 amide bonds. The van der Waals surface area contributed by atoms with Crippen LogP contribution in [0, 0.1) is 11.8 Å². The highest BCUT2D eigenvalue weighted by atomic mass is 32.9. The van der Waals surface area contributed by atoms with E-state index < -0.39 is 5.69 Å². The van der Waals surface area contributed by atoms with Gasteiger partial charge in [-0.2, -0.15) is 0 Å². The number of rotatable bonds is 12. The molecule has 0 spiro atoms. The molecule has 0 atom stereocenters. The first-order chi connectivity index (χ1) is 15.8. The molecule has 0 fully saturated rings. The Morgan fingerprint density at radius 3 is 1.64 bits per heavy atom. The minimum atomic E-state index is -2.69. The summed E-state index contributed by atoms with van der Waals surface area (Å²) in [5.74, 6) is 3.61. The second-order valence-electron chi connectivity index (χ2n) is 9.11. The molecule has 3 aromatic carbocycles. The van der Waals surface area contributed by atoms with Crippen molar-refractivity contribution in [1.82, 2.24) is 0 Å². The van der Waals surface area contributed by atoms with Crippen LogP contribution in [0.1, 0.15) is 44.4 Å². The number of hydrogen-bond donors (Lipinski definition) is 0. The summed E-state index contributed by atoms with van der Waals surface area (Å²) in [4.78, 5) is 0. The molecule has 0 bridgehead atoms. The van der Waals surface area contributed by atoms with Crippen LogP contribution in [0.2, 0.25) is 0 Å². The highest BCUT2D eigenvalue weighted by Gasteiger charge is 2.26. The highest BCUT2D eigenvalue weighted by molar-refractivity contribution is 8.68. The van der Waals surface area contributed by atoms with E-state index >= 15 is 0 Å². The summed E-state index contributed by atoms with van der Waals surface area (Å²) in [6, 6.07) is 27.0. The zero-order valence-corrected chi connectivity index (χ0v) is 22.6. The third-order valence-electron chi connectivity index (χ3n) is 5.10. The Kier molecular flexibility index (Phi) is 9.92. The first-order valence-electron chi connectivity index (χ1n) is 11.7. The van der Waals surface area contributed by atoms with Crippen molar-refractivity contribution in [2.75, 3.05) is 5.75 Å². The molecule has 5 heteroatoms. The van der Waals surface area contributed by atoms with Crippen molar-refractivity contribution in [1.29, 1.82) is 0 Å². The number of para-hydroxylation sites is 2. The van der Waals surface area contributed by atoms with E-state index in [9.17, 15) is 0 Å². The van der Waals surface area contributed by atoms with Crippen LogP contribution in [0.3, 0.4) is 0 Å². The summed E-state index contributed by atoms with van der Waals surface area (Å²) in [5, 5.41) is 0. The summed E-state index contributed by atoms with van der Waals surface area (Å²) in [6.45, 7) is 8.89. The maximum Gasteiger partial charge on any atom is 0.348 e. The Morgan fingerprint density at radius 1 is 0.697 bits per heavy atom. The average molecular weight is 499 g/mol. The van der Waals surface area contributed by atoms with Gasteiger partial charge < -0.3 is 9.05 Å². The van der Waals surface area contributed by atoms with Gasteiger partial charge in [0.15, 0.2) is 0 Å². The van der Waals surface area contributed by atoms with Crippen LogP contribution >= 0.6 is 17.1 Å². The third kappa shape index (κ3) is 8.52. The topological polar surface area (TPSA) is 18.5 Å². The van der Waals surface area contributed by atoms with Crippen molar-refractivity contribution >= 4 is 28.9 Å². The lowest BCUT2D eigenvalue weighted by Crippen LogP contribution is -2.05. The molecule has 33 heavy (non-hydrogen) atoms. The van der Waals surface area contributed by atoms with Crippen molar-refractivity contribution in [3.8, 4) is 11.5 Å². The molecule has 3 rings (SSSR count). The fraction of sp³-hybridized carbons (Fsp3) is 0.357. The SMILES string of the molecule is CC(C)Cc1ccccc1OP(=S)(Oc1ccccc1CC(C)C)SCCc1ccccc1. The Hall–Kier alpha value is -1.74. The summed E-state index contributed by atoms with van der Waals surface area (Å²) >= 11 is 7.80. The van der Waals surface area contributed by atoms with E-state index in [1.165, 1.54) is 16.7 Å². The van der Waals surface area contributed by atoms with Gasteiger partial charge in [0.25, 0.3) is 0 Å². The van der Waals surface area contributed by atoms with E-state index in [4.69, 9.17) is 20.9 Å². The van der Waals surface area contributed by atoms with Gasteiger partial charge in [0.2, 0.25) is 0 Å². The summed E-state index contributed by atoms with van der Waals surface area (Å²) in [7, 11) is 0. The van der Waals surface area contributed by atoms with Crippen molar-refractivity contribution in [2.45, 2.75) is 47.0 Å². The molecule has 0 aliphatic rings. The number of benzene rings is 3. The predicted octanol–water partition coefficient (Wildman–Crippen LogP) is 8.74. The second-order valence-corrected chi connectivity index (χ2v) is 15.4. The Morgan fingerprint density at radius 2 is 1.15 bits per heavy atom. The van der Waals surface area contributed by atoms with E-state index in [0.717, 1.165) is 36.5 Å². The zero-order chi connectivity index (χ0) is 23.7. The lowest BCUT2D eigenvalue weighted by Gasteiger charge is -2.26. The molecule has 0 saturated carbocycles. The van der Waals surface area contributed by atoms with E-state index in [1.54, 1.807) is 11.4 Å². The van der Waals surface area contributed by atoms with E-state index in [1.807, 2.05) is 30.3 Å². The van der Waals surface area contributed by atoms with Gasteiger partial charge in [-0.1, -0.05) is 94.4 Å². The molecule has 2 nitrogen and oxygen atoms in total. The van der Waals surface area contributed by atoms with Crippen molar-refractivity contribution < 1.29 is 9.05 Å². The quantitative estimate of drug-likeness (QED) is 0.232. The summed E-state index contributed by atoms with van der Waals surface area (Å²) < 4.78 is 13.2. The zero-order valence-electron chi connectivity index (χ0n) is 20.1. The first kappa shape index (κ1) is 25.9. The van der Waals surface area contributed by atoms with Gasteiger partial charge in [0.1, 0.15) is 11.5 Å². The lowest BCUT2D eigenvalue weighted by molar-refractivity contribution is 0.491. The third-order valence-corrected chi connectivity index (χ3v) is 9.99. The maximum atomic E-state index is 6.60. The fourth-order valence-corrected chi connectivity index (χ4v) is 8.06. The normalized spacial score (nSPS) is 11.7. The van der Waals surface area contributed by atoms with E-state index in [0.29, 0.717) is 11.8 Å². The van der Waals surface area contributed by atoms with Crippen LogP contribution in [0.15, 0.2) is 78.9 Å². The molecule has 176 valence electrons. The average Bonchev–Trinajstić information content (AvgIpc) is 2.77. The monoisotopic (exact) mass is 498 g/mol. The second kappa shape index (κ2) is 12.6. The Labute approximate surface area is 209 Å². The van der Waals surface area contributed by atoms with Crippen LogP contribution < -0.4 is 9.05 Å². The van der Waals surface area contributed by atoms with Gasteiger partial charge in [0.05, 0.1) is 0 Å². The van der Waals surface area contributed by atoms with Gasteiger partial charge in [-0.15, -0.1) is 0 Å². The molecular weight excluding hydrogens is 463 g/mol. The largest absolute Gasteiger partial charge is 0.428 e. The maximum absolute atomic E-state index is 6.60. The van der Waals surface area contributed by atoms with Gasteiger partial charge in [0, 0.05) is 5.75 Å². The van der Waals surface area contributed by atoms with Crippen LogP contribution in [0.5, 0.6) is 11.5 Å². The van der Waals surface area contributed by atoms with Gasteiger partial charge in [-0.25, -0.2) is 0 Å².